The van der Waals surface area contributed by atoms with Crippen LogP contribution in [-0.4, -0.2) is 18.5 Å². The lowest BCUT2D eigenvalue weighted by molar-refractivity contribution is -0.147. The van der Waals surface area contributed by atoms with E-state index in [9.17, 15) is 9.59 Å². The van der Waals surface area contributed by atoms with Gasteiger partial charge >= 0.3 is 11.9 Å². The molecule has 7 heteroatoms. The zero-order valence-electron chi connectivity index (χ0n) is 13.6. The van der Waals surface area contributed by atoms with E-state index < -0.39 is 11.9 Å². The summed E-state index contributed by atoms with van der Waals surface area (Å²) in [6.07, 6.45) is 5.30. The van der Waals surface area contributed by atoms with Gasteiger partial charge in [0.25, 0.3) is 0 Å². The Kier molecular flexibility index (Phi) is 10.2. The highest BCUT2D eigenvalue weighted by Gasteiger charge is 2.12. The van der Waals surface area contributed by atoms with Crippen molar-refractivity contribution in [3.8, 4) is 5.75 Å². The predicted octanol–water partition coefficient (Wildman–Crippen LogP) is 5.85. The Bertz CT molecular complexity index is 538. The second-order valence-electron chi connectivity index (χ2n) is 5.31. The van der Waals surface area contributed by atoms with Crippen molar-refractivity contribution in [2.75, 3.05) is 6.61 Å². The molecule has 0 aliphatic carbocycles. The van der Waals surface area contributed by atoms with Crippen LogP contribution < -0.4 is 4.74 Å². The quantitative estimate of drug-likeness (QED) is 0.216. The summed E-state index contributed by atoms with van der Waals surface area (Å²) in [7, 11) is 0. The van der Waals surface area contributed by atoms with Crippen LogP contribution in [0.25, 0.3) is 0 Å². The second-order valence-corrected chi connectivity index (χ2v) is 6.50. The van der Waals surface area contributed by atoms with E-state index in [1.807, 2.05) is 0 Å². The van der Waals surface area contributed by atoms with Crippen molar-refractivity contribution in [3.63, 3.8) is 0 Å². The number of carbonyl (C=O) groups excluding carboxylic acids is 2. The van der Waals surface area contributed by atoms with Gasteiger partial charge in [0, 0.05) is 12.1 Å². The Balaban J connectivity index is 2.25. The largest absolute Gasteiger partial charge is 0.466 e. The number of unbranched alkanes of at least 4 members (excludes halogenated alkanes) is 4. The molecule has 0 fully saturated rings. The van der Waals surface area contributed by atoms with Crippen LogP contribution in [0.5, 0.6) is 5.75 Å². The SMILES string of the molecule is CCCCCCCOC(=O)CCC(=O)Oc1cc(Cl)c(Cl)c(Cl)c1. The van der Waals surface area contributed by atoms with E-state index in [-0.39, 0.29) is 33.7 Å². The molecule has 0 saturated heterocycles. The summed E-state index contributed by atoms with van der Waals surface area (Å²) in [5.41, 5.74) is 0. The smallest absolute Gasteiger partial charge is 0.311 e. The fourth-order valence-corrected chi connectivity index (χ4v) is 2.52. The minimum absolute atomic E-state index is 0.0250. The Morgan fingerprint density at radius 2 is 1.50 bits per heavy atom. The number of hydrogen-bond donors (Lipinski definition) is 0. The third-order valence-electron chi connectivity index (χ3n) is 3.23. The summed E-state index contributed by atoms with van der Waals surface area (Å²) in [6.45, 7) is 2.53. The van der Waals surface area contributed by atoms with E-state index in [0.717, 1.165) is 19.3 Å². The second kappa shape index (κ2) is 11.6. The minimum Gasteiger partial charge on any atom is -0.466 e. The molecular weight excluding hydrogens is 375 g/mol. The topological polar surface area (TPSA) is 52.6 Å². The predicted molar refractivity (Wildman–Crippen MR) is 96.1 cm³/mol. The van der Waals surface area contributed by atoms with Crippen LogP contribution in [0.4, 0.5) is 0 Å². The zero-order valence-corrected chi connectivity index (χ0v) is 15.8. The van der Waals surface area contributed by atoms with Crippen LogP contribution >= 0.6 is 34.8 Å². The van der Waals surface area contributed by atoms with Gasteiger partial charge in [-0.3, -0.25) is 9.59 Å². The van der Waals surface area contributed by atoms with Crippen LogP contribution in [0, 0.1) is 0 Å². The molecule has 0 aliphatic heterocycles. The lowest BCUT2D eigenvalue weighted by Crippen LogP contribution is -2.13. The molecule has 24 heavy (non-hydrogen) atoms. The summed E-state index contributed by atoms with van der Waals surface area (Å²) >= 11 is 17.5. The Hall–Kier alpha value is -0.970. The number of halogens is 3. The standard InChI is InChI=1S/C17H21Cl3O4/c1-2-3-4-5-6-9-23-15(21)7-8-16(22)24-12-10-13(18)17(20)14(19)11-12/h10-11H,2-9H2,1H3. The molecule has 0 aliphatic rings. The van der Waals surface area contributed by atoms with Gasteiger partial charge < -0.3 is 9.47 Å². The first-order valence-electron chi connectivity index (χ1n) is 7.95. The van der Waals surface area contributed by atoms with Crippen molar-refractivity contribution >= 4 is 46.7 Å². The lowest BCUT2D eigenvalue weighted by Gasteiger charge is -2.07. The first-order valence-corrected chi connectivity index (χ1v) is 9.08. The maximum Gasteiger partial charge on any atom is 0.311 e. The third kappa shape index (κ3) is 8.22. The Labute approximate surface area is 157 Å². The highest BCUT2D eigenvalue weighted by atomic mass is 35.5. The Morgan fingerprint density at radius 1 is 0.917 bits per heavy atom. The van der Waals surface area contributed by atoms with Gasteiger partial charge in [0.15, 0.2) is 0 Å². The van der Waals surface area contributed by atoms with E-state index in [1.54, 1.807) is 0 Å². The highest BCUT2D eigenvalue weighted by Crippen LogP contribution is 2.34. The molecule has 0 spiro atoms. The number of esters is 2. The van der Waals surface area contributed by atoms with Crippen molar-refractivity contribution in [2.45, 2.75) is 51.9 Å². The van der Waals surface area contributed by atoms with Crippen molar-refractivity contribution < 1.29 is 19.1 Å². The Morgan fingerprint density at radius 3 is 2.12 bits per heavy atom. The van der Waals surface area contributed by atoms with E-state index in [1.165, 1.54) is 25.0 Å². The fraction of sp³-hybridized carbons (Fsp3) is 0.529. The van der Waals surface area contributed by atoms with E-state index in [0.29, 0.717) is 6.61 Å². The summed E-state index contributed by atoms with van der Waals surface area (Å²) in [4.78, 5) is 23.3. The number of carbonyl (C=O) groups is 2. The van der Waals surface area contributed by atoms with Gasteiger partial charge in [0.1, 0.15) is 5.75 Å². The summed E-state index contributed by atoms with van der Waals surface area (Å²) < 4.78 is 10.1. The van der Waals surface area contributed by atoms with Crippen molar-refractivity contribution in [3.05, 3.63) is 27.2 Å². The molecule has 0 bridgehead atoms. The maximum absolute atomic E-state index is 11.7. The first-order chi connectivity index (χ1) is 11.4. The van der Waals surface area contributed by atoms with E-state index >= 15 is 0 Å². The molecule has 1 rings (SSSR count). The fourth-order valence-electron chi connectivity index (χ4n) is 1.94. The van der Waals surface area contributed by atoms with Gasteiger partial charge in [0.05, 0.1) is 34.5 Å². The van der Waals surface area contributed by atoms with Gasteiger partial charge in [-0.15, -0.1) is 0 Å². The average Bonchev–Trinajstić information content (AvgIpc) is 2.54. The van der Waals surface area contributed by atoms with Crippen LogP contribution in [0.15, 0.2) is 12.1 Å². The molecule has 0 aromatic heterocycles. The number of rotatable bonds is 10. The molecule has 0 atom stereocenters. The molecule has 1 aromatic carbocycles. The van der Waals surface area contributed by atoms with Crippen molar-refractivity contribution in [1.82, 2.24) is 0 Å². The molecule has 1 aromatic rings. The van der Waals surface area contributed by atoms with Gasteiger partial charge in [-0.2, -0.15) is 0 Å². The molecule has 0 heterocycles. The van der Waals surface area contributed by atoms with Crippen molar-refractivity contribution in [2.24, 2.45) is 0 Å². The molecular formula is C17H21Cl3O4. The number of benzene rings is 1. The van der Waals surface area contributed by atoms with Gasteiger partial charge in [-0.25, -0.2) is 0 Å². The van der Waals surface area contributed by atoms with Crippen molar-refractivity contribution in [1.29, 1.82) is 0 Å². The van der Waals surface area contributed by atoms with Crippen LogP contribution in [0.3, 0.4) is 0 Å². The summed E-state index contributed by atoms with van der Waals surface area (Å²) in [5.74, 6) is -0.789. The third-order valence-corrected chi connectivity index (χ3v) is 4.43. The van der Waals surface area contributed by atoms with Gasteiger partial charge in [0.2, 0.25) is 0 Å². The highest BCUT2D eigenvalue weighted by molar-refractivity contribution is 6.48. The summed E-state index contributed by atoms with van der Waals surface area (Å²) in [6, 6.07) is 2.78. The first kappa shape index (κ1) is 21.1. The monoisotopic (exact) mass is 394 g/mol. The maximum atomic E-state index is 11.7. The molecule has 4 nitrogen and oxygen atoms in total. The zero-order chi connectivity index (χ0) is 17.9. The lowest BCUT2D eigenvalue weighted by atomic mass is 10.2. The molecule has 0 saturated carbocycles. The van der Waals surface area contributed by atoms with Crippen LogP contribution in [-0.2, 0) is 14.3 Å². The number of hydrogen-bond acceptors (Lipinski definition) is 4. The molecule has 0 N–H and O–H groups in total. The van der Waals surface area contributed by atoms with Gasteiger partial charge in [-0.05, 0) is 6.42 Å². The summed E-state index contributed by atoms with van der Waals surface area (Å²) in [5, 5.41) is 0.574. The minimum atomic E-state index is -0.565. The van der Waals surface area contributed by atoms with Gasteiger partial charge in [-0.1, -0.05) is 67.4 Å². The molecule has 134 valence electrons. The van der Waals surface area contributed by atoms with E-state index in [2.05, 4.69) is 6.92 Å². The number of ether oxygens (including phenoxy) is 2. The van der Waals surface area contributed by atoms with Crippen LogP contribution in [0.2, 0.25) is 15.1 Å². The molecule has 0 amide bonds. The average molecular weight is 396 g/mol. The van der Waals surface area contributed by atoms with E-state index in [4.69, 9.17) is 44.3 Å². The molecule has 0 unspecified atom stereocenters. The molecule has 0 radical (unpaired) electrons. The van der Waals surface area contributed by atoms with Crippen LogP contribution in [0.1, 0.15) is 51.9 Å². The normalized spacial score (nSPS) is 10.5.